The summed E-state index contributed by atoms with van der Waals surface area (Å²) in [4.78, 5) is 9.21. The van der Waals surface area contributed by atoms with E-state index < -0.39 is 9.84 Å². The number of guanidine groups is 1. The van der Waals surface area contributed by atoms with E-state index in [0.29, 0.717) is 18.3 Å². The third-order valence-electron chi connectivity index (χ3n) is 6.03. The van der Waals surface area contributed by atoms with E-state index in [4.69, 9.17) is 4.74 Å². The van der Waals surface area contributed by atoms with Gasteiger partial charge >= 0.3 is 0 Å². The number of hydrogen-bond donors (Lipinski definition) is 1. The Hall–Kier alpha value is -0.910. The fourth-order valence-electron chi connectivity index (χ4n) is 4.55. The summed E-state index contributed by atoms with van der Waals surface area (Å²) in [6.45, 7) is 4.99. The van der Waals surface area contributed by atoms with E-state index in [2.05, 4.69) is 44.4 Å². The molecule has 1 aromatic rings. The highest BCUT2D eigenvalue weighted by Crippen LogP contribution is 2.25. The van der Waals surface area contributed by atoms with E-state index in [1.165, 1.54) is 5.56 Å². The van der Waals surface area contributed by atoms with Crippen molar-refractivity contribution in [3.63, 3.8) is 0 Å². The van der Waals surface area contributed by atoms with Gasteiger partial charge in [-0.15, -0.1) is 24.0 Å². The zero-order valence-corrected chi connectivity index (χ0v) is 20.0. The lowest BCUT2D eigenvalue weighted by molar-refractivity contribution is -0.0502. The molecule has 0 saturated carbocycles. The average molecular weight is 534 g/mol. The van der Waals surface area contributed by atoms with Gasteiger partial charge in [-0.2, -0.15) is 0 Å². The molecule has 3 aliphatic rings. The molecule has 162 valence electrons. The molecule has 0 bridgehead atoms. The van der Waals surface area contributed by atoms with Gasteiger partial charge in [-0.25, -0.2) is 8.42 Å². The molecular weight excluding hydrogens is 503 g/mol. The van der Waals surface area contributed by atoms with Gasteiger partial charge in [0.25, 0.3) is 0 Å². The molecule has 7 nitrogen and oxygen atoms in total. The van der Waals surface area contributed by atoms with Gasteiger partial charge in [-0.05, 0) is 17.9 Å². The van der Waals surface area contributed by atoms with Crippen molar-refractivity contribution in [3.05, 3.63) is 35.9 Å². The van der Waals surface area contributed by atoms with E-state index in [1.807, 2.05) is 6.07 Å². The maximum atomic E-state index is 11.7. The Bertz CT molecular complexity index is 805. The van der Waals surface area contributed by atoms with Crippen LogP contribution in [0.2, 0.25) is 0 Å². The first-order chi connectivity index (χ1) is 13.5. The molecule has 4 rings (SSSR count). The van der Waals surface area contributed by atoms with Gasteiger partial charge in [-0.3, -0.25) is 9.89 Å². The van der Waals surface area contributed by atoms with Crippen molar-refractivity contribution < 1.29 is 13.2 Å². The van der Waals surface area contributed by atoms with Crippen LogP contribution in [-0.4, -0.2) is 87.7 Å². The Morgan fingerprint density at radius 3 is 2.76 bits per heavy atom. The normalized spacial score (nSPS) is 29.3. The second-order valence-corrected chi connectivity index (χ2v) is 10.3. The van der Waals surface area contributed by atoms with Crippen LogP contribution in [0.4, 0.5) is 0 Å². The molecule has 0 aliphatic carbocycles. The molecule has 3 unspecified atom stereocenters. The standard InChI is InChI=1S/C20H30N4O3S.HI/c1-21-20(22-11-17-7-10-28(25,26)15-17)24-13-18-19(14-24)27-9-8-23(18)12-16-5-3-2-4-6-16;/h2-6,17-19H,7-15H2,1H3,(H,21,22);1H. The SMILES string of the molecule is CN=C(NCC1CCS(=O)(=O)C1)N1CC2OCCN(Cc3ccccc3)C2C1.I. The zero-order valence-electron chi connectivity index (χ0n) is 16.9. The highest BCUT2D eigenvalue weighted by atomic mass is 127. The number of ether oxygens (including phenoxy) is 1. The number of halogens is 1. The molecule has 3 fully saturated rings. The molecule has 3 atom stereocenters. The number of fused-ring (bicyclic) bond motifs is 1. The van der Waals surface area contributed by atoms with Gasteiger partial charge in [0.05, 0.1) is 30.3 Å². The number of likely N-dealkylation sites (tertiary alicyclic amines) is 1. The summed E-state index contributed by atoms with van der Waals surface area (Å²) in [5.74, 6) is 1.63. The predicted octanol–water partition coefficient (Wildman–Crippen LogP) is 1.20. The van der Waals surface area contributed by atoms with E-state index in [1.54, 1.807) is 7.05 Å². The first kappa shape index (κ1) is 22.8. The Morgan fingerprint density at radius 2 is 2.07 bits per heavy atom. The molecule has 3 aliphatic heterocycles. The lowest BCUT2D eigenvalue weighted by Gasteiger charge is -2.36. The minimum Gasteiger partial charge on any atom is -0.373 e. The maximum absolute atomic E-state index is 11.7. The van der Waals surface area contributed by atoms with Crippen LogP contribution in [0.5, 0.6) is 0 Å². The number of hydrogen-bond acceptors (Lipinski definition) is 5. The summed E-state index contributed by atoms with van der Waals surface area (Å²) < 4.78 is 29.4. The topological polar surface area (TPSA) is 74.2 Å². The average Bonchev–Trinajstić information content (AvgIpc) is 3.27. The second-order valence-electron chi connectivity index (χ2n) is 8.03. The molecular formula is C20H31IN4O3S. The summed E-state index contributed by atoms with van der Waals surface area (Å²) in [5.41, 5.74) is 1.33. The van der Waals surface area contributed by atoms with Crippen LogP contribution in [0.25, 0.3) is 0 Å². The highest BCUT2D eigenvalue weighted by Gasteiger charge is 2.41. The molecule has 1 aromatic carbocycles. The van der Waals surface area contributed by atoms with Crippen LogP contribution in [0, 0.1) is 5.92 Å². The van der Waals surface area contributed by atoms with Gasteiger partial charge in [0.15, 0.2) is 15.8 Å². The number of benzene rings is 1. The minimum atomic E-state index is -2.84. The lowest BCUT2D eigenvalue weighted by Crippen LogP contribution is -2.50. The fraction of sp³-hybridized carbons (Fsp3) is 0.650. The molecule has 0 spiro atoms. The zero-order chi connectivity index (χ0) is 19.6. The van der Waals surface area contributed by atoms with Gasteiger partial charge in [-0.1, -0.05) is 30.3 Å². The Morgan fingerprint density at radius 1 is 1.28 bits per heavy atom. The summed E-state index contributed by atoms with van der Waals surface area (Å²) >= 11 is 0. The molecule has 3 heterocycles. The molecule has 9 heteroatoms. The predicted molar refractivity (Wildman–Crippen MR) is 125 cm³/mol. The number of nitrogens with zero attached hydrogens (tertiary/aromatic N) is 3. The summed E-state index contributed by atoms with van der Waals surface area (Å²) in [5, 5.41) is 3.40. The van der Waals surface area contributed by atoms with Crippen LogP contribution < -0.4 is 5.32 Å². The van der Waals surface area contributed by atoms with Crippen LogP contribution in [0.1, 0.15) is 12.0 Å². The third kappa shape index (κ3) is 5.62. The van der Waals surface area contributed by atoms with Crippen LogP contribution >= 0.6 is 24.0 Å². The minimum absolute atomic E-state index is 0. The molecule has 0 aromatic heterocycles. The van der Waals surface area contributed by atoms with Crippen LogP contribution in [0.15, 0.2) is 35.3 Å². The first-order valence-corrected chi connectivity index (χ1v) is 11.9. The third-order valence-corrected chi connectivity index (χ3v) is 7.87. The van der Waals surface area contributed by atoms with Crippen LogP contribution in [0.3, 0.4) is 0 Å². The van der Waals surface area contributed by atoms with Gasteiger partial charge in [0.1, 0.15) is 0 Å². The van der Waals surface area contributed by atoms with E-state index in [0.717, 1.165) is 45.2 Å². The van der Waals surface area contributed by atoms with Crippen molar-refractivity contribution >= 4 is 39.8 Å². The molecule has 3 saturated heterocycles. The van der Waals surface area contributed by atoms with Crippen molar-refractivity contribution in [1.29, 1.82) is 0 Å². The van der Waals surface area contributed by atoms with E-state index in [9.17, 15) is 8.42 Å². The number of morpholine rings is 1. The van der Waals surface area contributed by atoms with Crippen molar-refractivity contribution in [3.8, 4) is 0 Å². The Balaban J connectivity index is 0.00000240. The molecule has 0 amide bonds. The fourth-order valence-corrected chi connectivity index (χ4v) is 6.41. The van der Waals surface area contributed by atoms with Crippen LogP contribution in [-0.2, 0) is 21.1 Å². The number of sulfone groups is 1. The Labute approximate surface area is 190 Å². The first-order valence-electron chi connectivity index (χ1n) is 10.1. The van der Waals surface area contributed by atoms with Crippen molar-refractivity contribution in [2.45, 2.75) is 25.1 Å². The maximum Gasteiger partial charge on any atom is 0.193 e. The van der Waals surface area contributed by atoms with Crippen molar-refractivity contribution in [1.82, 2.24) is 15.1 Å². The molecule has 29 heavy (non-hydrogen) atoms. The largest absolute Gasteiger partial charge is 0.373 e. The second kappa shape index (κ2) is 9.93. The van der Waals surface area contributed by atoms with Gasteiger partial charge in [0, 0.05) is 39.8 Å². The number of aliphatic imine (C=N–C) groups is 1. The molecule has 1 N–H and O–H groups in total. The van der Waals surface area contributed by atoms with Gasteiger partial charge < -0.3 is 15.0 Å². The highest BCUT2D eigenvalue weighted by molar-refractivity contribution is 14.0. The molecule has 0 radical (unpaired) electrons. The summed E-state index contributed by atoms with van der Waals surface area (Å²) in [6.07, 6.45) is 0.925. The smallest absolute Gasteiger partial charge is 0.193 e. The quantitative estimate of drug-likeness (QED) is 0.356. The summed E-state index contributed by atoms with van der Waals surface area (Å²) in [6, 6.07) is 10.9. The number of nitrogens with one attached hydrogen (secondary N) is 1. The Kier molecular flexibility index (Phi) is 7.80. The van der Waals surface area contributed by atoms with Gasteiger partial charge in [0.2, 0.25) is 0 Å². The van der Waals surface area contributed by atoms with E-state index >= 15 is 0 Å². The lowest BCUT2D eigenvalue weighted by atomic mass is 10.1. The summed E-state index contributed by atoms with van der Waals surface area (Å²) in [7, 11) is -1.05. The van der Waals surface area contributed by atoms with Crippen molar-refractivity contribution in [2.24, 2.45) is 10.9 Å². The monoisotopic (exact) mass is 534 g/mol. The number of rotatable bonds is 4. The van der Waals surface area contributed by atoms with Crippen molar-refractivity contribution in [2.75, 3.05) is 51.3 Å². The van der Waals surface area contributed by atoms with E-state index in [-0.39, 0.29) is 41.8 Å².